The zero-order chi connectivity index (χ0) is 12.5. The molecule has 0 aromatic carbocycles. The normalized spacial score (nSPS) is 25.5. The predicted molar refractivity (Wildman–Crippen MR) is 66.0 cm³/mol. The lowest BCUT2D eigenvalue weighted by molar-refractivity contribution is -0.142. The summed E-state index contributed by atoms with van der Waals surface area (Å²) < 4.78 is 4.92. The first-order chi connectivity index (χ1) is 7.26. The van der Waals surface area contributed by atoms with E-state index in [0.717, 1.165) is 0 Å². The smallest absolute Gasteiger partial charge is 0.330 e. The summed E-state index contributed by atoms with van der Waals surface area (Å²) >= 11 is 0. The molecule has 0 saturated heterocycles. The minimum Gasteiger partial charge on any atom is -0.481 e. The lowest BCUT2D eigenvalue weighted by atomic mass is 10.1. The molecule has 5 heteroatoms. The second-order valence-corrected chi connectivity index (χ2v) is 5.01. The van der Waals surface area contributed by atoms with Crippen LogP contribution in [-0.4, -0.2) is 23.1 Å². The van der Waals surface area contributed by atoms with Gasteiger partial charge in [-0.05, 0) is 25.2 Å². The van der Waals surface area contributed by atoms with Crippen LogP contribution in [0.4, 0.5) is 0 Å². The van der Waals surface area contributed by atoms with Gasteiger partial charge in [0.25, 0.3) is 0 Å². The number of rotatable bonds is 4. The number of carbonyl (C=O) groups is 2. The average Bonchev–Trinajstić information content (AvgIpc) is 2.63. The van der Waals surface area contributed by atoms with Crippen LogP contribution in [0.2, 0.25) is 0 Å². The molecule has 17 heavy (non-hydrogen) atoms. The molecular weight excluding hydrogens is 244 g/mol. The highest BCUT2D eigenvalue weighted by molar-refractivity contribution is 5.85. The second kappa shape index (κ2) is 5.54. The molecule has 2 atom stereocenters. The SMILES string of the molecule is CC(C)OC(=O)C=CC1C(C(=O)O)C1(C)C.Cl. The lowest BCUT2D eigenvalue weighted by Gasteiger charge is -2.03. The fourth-order valence-corrected chi connectivity index (χ4v) is 1.96. The van der Waals surface area contributed by atoms with Crippen molar-refractivity contribution in [3.8, 4) is 0 Å². The molecule has 1 fully saturated rings. The molecule has 0 radical (unpaired) electrons. The van der Waals surface area contributed by atoms with Gasteiger partial charge in [0.1, 0.15) is 0 Å². The third-order valence-corrected chi connectivity index (χ3v) is 2.97. The predicted octanol–water partition coefficient (Wildman–Crippen LogP) is 2.27. The number of carboxylic acid groups (broad SMARTS) is 1. The number of allylic oxidation sites excluding steroid dienone is 1. The molecule has 0 heterocycles. The van der Waals surface area contributed by atoms with Crippen LogP contribution in [-0.2, 0) is 14.3 Å². The summed E-state index contributed by atoms with van der Waals surface area (Å²) in [6.45, 7) is 7.31. The molecule has 1 saturated carbocycles. The molecule has 98 valence electrons. The van der Waals surface area contributed by atoms with Crippen LogP contribution < -0.4 is 0 Å². The zero-order valence-corrected chi connectivity index (χ0v) is 11.3. The van der Waals surface area contributed by atoms with E-state index in [1.165, 1.54) is 6.08 Å². The Morgan fingerprint density at radius 3 is 2.24 bits per heavy atom. The maximum Gasteiger partial charge on any atom is 0.330 e. The van der Waals surface area contributed by atoms with E-state index >= 15 is 0 Å². The van der Waals surface area contributed by atoms with Crippen LogP contribution in [0.5, 0.6) is 0 Å². The molecular formula is C12H19ClO4. The lowest BCUT2D eigenvalue weighted by Crippen LogP contribution is -2.08. The molecule has 0 bridgehead atoms. The minimum absolute atomic E-state index is 0. The summed E-state index contributed by atoms with van der Waals surface area (Å²) in [7, 11) is 0. The number of carboxylic acids is 1. The molecule has 0 amide bonds. The van der Waals surface area contributed by atoms with Crippen LogP contribution >= 0.6 is 12.4 Å². The standard InChI is InChI=1S/C12H18O4.ClH/c1-7(2)16-9(13)6-5-8-10(11(14)15)12(8,3)4;/h5-8,10H,1-4H3,(H,14,15);1H. The molecule has 1 rings (SSSR count). The van der Waals surface area contributed by atoms with Crippen LogP contribution in [0.1, 0.15) is 27.7 Å². The van der Waals surface area contributed by atoms with Gasteiger partial charge in [0.15, 0.2) is 0 Å². The van der Waals surface area contributed by atoms with Gasteiger partial charge in [-0.1, -0.05) is 19.9 Å². The maximum absolute atomic E-state index is 11.2. The molecule has 0 aliphatic heterocycles. The van der Waals surface area contributed by atoms with E-state index in [-0.39, 0.29) is 29.8 Å². The molecule has 2 unspecified atom stereocenters. The number of carbonyl (C=O) groups excluding carboxylic acids is 1. The van der Waals surface area contributed by atoms with E-state index in [0.29, 0.717) is 0 Å². The molecule has 4 nitrogen and oxygen atoms in total. The van der Waals surface area contributed by atoms with E-state index < -0.39 is 17.9 Å². The van der Waals surface area contributed by atoms with Crippen molar-refractivity contribution >= 4 is 24.3 Å². The Kier molecular flexibility index (Phi) is 5.20. The van der Waals surface area contributed by atoms with Gasteiger partial charge in [-0.25, -0.2) is 4.79 Å². The molecule has 0 aromatic heterocycles. The van der Waals surface area contributed by atoms with Gasteiger partial charge in [-0.3, -0.25) is 4.79 Å². The zero-order valence-electron chi connectivity index (χ0n) is 10.5. The third kappa shape index (κ3) is 3.73. The topological polar surface area (TPSA) is 63.6 Å². The van der Waals surface area contributed by atoms with Crippen molar-refractivity contribution in [2.75, 3.05) is 0 Å². The molecule has 1 N–H and O–H groups in total. The van der Waals surface area contributed by atoms with Crippen molar-refractivity contribution in [1.29, 1.82) is 0 Å². The van der Waals surface area contributed by atoms with Crippen molar-refractivity contribution in [3.63, 3.8) is 0 Å². The van der Waals surface area contributed by atoms with Gasteiger partial charge in [0.05, 0.1) is 12.0 Å². The monoisotopic (exact) mass is 262 g/mol. The maximum atomic E-state index is 11.2. The Labute approximate surface area is 107 Å². The quantitative estimate of drug-likeness (QED) is 0.624. The van der Waals surface area contributed by atoms with Crippen LogP contribution in [0, 0.1) is 17.3 Å². The summed E-state index contributed by atoms with van der Waals surface area (Å²) in [6.07, 6.45) is 2.82. The Morgan fingerprint density at radius 2 is 1.88 bits per heavy atom. The number of halogens is 1. The van der Waals surface area contributed by atoms with Crippen LogP contribution in [0.3, 0.4) is 0 Å². The largest absolute Gasteiger partial charge is 0.481 e. The van der Waals surface area contributed by atoms with Gasteiger partial charge >= 0.3 is 11.9 Å². The highest BCUT2D eigenvalue weighted by Crippen LogP contribution is 2.58. The Hall–Kier alpha value is -1.03. The summed E-state index contributed by atoms with van der Waals surface area (Å²) in [4.78, 5) is 22.1. The van der Waals surface area contributed by atoms with Gasteiger partial charge in [0.2, 0.25) is 0 Å². The number of esters is 1. The Balaban J connectivity index is 0.00000256. The van der Waals surface area contributed by atoms with E-state index in [1.807, 2.05) is 13.8 Å². The average molecular weight is 263 g/mol. The number of hydrogen-bond donors (Lipinski definition) is 1. The highest BCUT2D eigenvalue weighted by atomic mass is 35.5. The van der Waals surface area contributed by atoms with Crippen molar-refractivity contribution in [1.82, 2.24) is 0 Å². The summed E-state index contributed by atoms with van der Waals surface area (Å²) in [5, 5.41) is 8.92. The van der Waals surface area contributed by atoms with Crippen molar-refractivity contribution in [2.24, 2.45) is 17.3 Å². The number of hydrogen-bond acceptors (Lipinski definition) is 3. The Morgan fingerprint density at radius 1 is 1.35 bits per heavy atom. The van der Waals surface area contributed by atoms with Gasteiger partial charge < -0.3 is 9.84 Å². The van der Waals surface area contributed by atoms with Crippen molar-refractivity contribution < 1.29 is 19.4 Å². The van der Waals surface area contributed by atoms with Crippen molar-refractivity contribution in [3.05, 3.63) is 12.2 Å². The van der Waals surface area contributed by atoms with Crippen molar-refractivity contribution in [2.45, 2.75) is 33.8 Å². The molecule has 1 aliphatic carbocycles. The van der Waals surface area contributed by atoms with Crippen LogP contribution in [0.15, 0.2) is 12.2 Å². The summed E-state index contributed by atoms with van der Waals surface area (Å²) in [5.74, 6) is -1.70. The first kappa shape index (κ1) is 16.0. The van der Waals surface area contributed by atoms with Crippen LogP contribution in [0.25, 0.3) is 0 Å². The number of ether oxygens (including phenoxy) is 1. The minimum atomic E-state index is -0.808. The summed E-state index contributed by atoms with van der Waals surface area (Å²) in [5.41, 5.74) is -0.263. The van der Waals surface area contributed by atoms with Gasteiger partial charge in [-0.15, -0.1) is 12.4 Å². The van der Waals surface area contributed by atoms with E-state index in [1.54, 1.807) is 19.9 Å². The third-order valence-electron chi connectivity index (χ3n) is 2.97. The first-order valence-electron chi connectivity index (χ1n) is 5.38. The fraction of sp³-hybridized carbons (Fsp3) is 0.667. The Bertz CT molecular complexity index is 333. The fourth-order valence-electron chi connectivity index (χ4n) is 1.96. The second-order valence-electron chi connectivity index (χ2n) is 5.01. The van der Waals surface area contributed by atoms with Gasteiger partial charge in [0, 0.05) is 6.08 Å². The van der Waals surface area contributed by atoms with E-state index in [2.05, 4.69) is 0 Å². The highest BCUT2D eigenvalue weighted by Gasteiger charge is 2.60. The van der Waals surface area contributed by atoms with Gasteiger partial charge in [-0.2, -0.15) is 0 Å². The van der Waals surface area contributed by atoms with E-state index in [9.17, 15) is 9.59 Å². The first-order valence-corrected chi connectivity index (χ1v) is 5.38. The molecule has 1 aliphatic rings. The molecule has 0 spiro atoms. The van der Waals surface area contributed by atoms with E-state index in [4.69, 9.17) is 9.84 Å². The molecule has 0 aromatic rings. The number of aliphatic carboxylic acids is 1. The summed E-state index contributed by atoms with van der Waals surface area (Å²) in [6, 6.07) is 0.